The van der Waals surface area contributed by atoms with Crippen molar-refractivity contribution >= 4 is 81.6 Å². The number of fused-ring (bicyclic) bond motifs is 10. The molecule has 0 unspecified atom stereocenters. The summed E-state index contributed by atoms with van der Waals surface area (Å²) >= 11 is 0. The highest BCUT2D eigenvalue weighted by Crippen LogP contribution is 2.47. The molecule has 2 nitrogen and oxygen atoms in total. The van der Waals surface area contributed by atoms with Crippen molar-refractivity contribution in [1.29, 1.82) is 0 Å². The maximum Gasteiger partial charge on any atom is 0.143 e. The monoisotopic (exact) mass is 481 g/mol. The minimum atomic E-state index is 0.932. The van der Waals surface area contributed by atoms with Crippen molar-refractivity contribution in [3.05, 3.63) is 115 Å². The molecule has 0 aliphatic rings. The molecule has 0 atom stereocenters. The first-order chi connectivity index (χ1) is 18.9. The standard InChI is InChI=1S/C36H19NO/c1-2-8-23-22(7-1)25-11-6-13-31-33(25)34-26(23)16-17-27-29-19-20(15-18-30(29)37(31)35(27)34)21-10-5-12-28-24-9-3-4-14-32(24)38-36(21)28/h1-19H. The number of para-hydroxylation sites is 2. The van der Waals surface area contributed by atoms with Gasteiger partial charge in [-0.15, -0.1) is 0 Å². The maximum atomic E-state index is 6.38. The summed E-state index contributed by atoms with van der Waals surface area (Å²) in [6, 6.07) is 41.9. The Morgan fingerprint density at radius 3 is 2.05 bits per heavy atom. The van der Waals surface area contributed by atoms with Gasteiger partial charge in [-0.3, -0.25) is 0 Å². The number of hydrogen-bond acceptors (Lipinski definition) is 1. The Labute approximate surface area is 216 Å². The number of rotatable bonds is 1. The molecule has 3 aromatic heterocycles. The summed E-state index contributed by atoms with van der Waals surface area (Å²) in [5.74, 6) is 0. The number of benzene rings is 7. The van der Waals surface area contributed by atoms with Gasteiger partial charge in [-0.1, -0.05) is 91.0 Å². The Morgan fingerprint density at radius 1 is 0.447 bits per heavy atom. The van der Waals surface area contributed by atoms with E-state index in [0.29, 0.717) is 0 Å². The van der Waals surface area contributed by atoms with Crippen LogP contribution < -0.4 is 0 Å². The molecule has 2 heteroatoms. The van der Waals surface area contributed by atoms with E-state index in [4.69, 9.17) is 4.42 Å². The van der Waals surface area contributed by atoms with Crippen molar-refractivity contribution in [2.45, 2.75) is 0 Å². The first-order valence-electron chi connectivity index (χ1n) is 13.1. The van der Waals surface area contributed by atoms with Crippen LogP contribution >= 0.6 is 0 Å². The number of aromatic nitrogens is 1. The first kappa shape index (κ1) is 19.1. The van der Waals surface area contributed by atoms with E-state index in [1.54, 1.807) is 0 Å². The zero-order chi connectivity index (χ0) is 24.5. The smallest absolute Gasteiger partial charge is 0.143 e. The molecule has 10 rings (SSSR count). The van der Waals surface area contributed by atoms with E-state index in [1.165, 1.54) is 65.2 Å². The van der Waals surface area contributed by atoms with Crippen molar-refractivity contribution in [2.75, 3.05) is 0 Å². The van der Waals surface area contributed by atoms with Gasteiger partial charge in [0.2, 0.25) is 0 Å². The van der Waals surface area contributed by atoms with Crippen molar-refractivity contribution < 1.29 is 4.42 Å². The highest BCUT2D eigenvalue weighted by Gasteiger charge is 2.23. The van der Waals surface area contributed by atoms with Gasteiger partial charge >= 0.3 is 0 Å². The zero-order valence-corrected chi connectivity index (χ0v) is 20.3. The quantitative estimate of drug-likeness (QED) is 0.213. The molecule has 0 bridgehead atoms. The lowest BCUT2D eigenvalue weighted by Gasteiger charge is -2.09. The molecule has 0 spiro atoms. The molecule has 0 aliphatic carbocycles. The SMILES string of the molecule is c1ccc2c(c1)oc1c(-c3ccc4c(c3)c3ccc5c6ccccc6c6cccc7c6c5c3n47)cccc12. The van der Waals surface area contributed by atoms with E-state index in [2.05, 4.69) is 114 Å². The molecular formula is C36H19NO. The lowest BCUT2D eigenvalue weighted by molar-refractivity contribution is 0.670. The summed E-state index contributed by atoms with van der Waals surface area (Å²) < 4.78 is 8.87. The van der Waals surface area contributed by atoms with Gasteiger partial charge in [-0.25, -0.2) is 0 Å². The summed E-state index contributed by atoms with van der Waals surface area (Å²) in [4.78, 5) is 0. The molecule has 174 valence electrons. The van der Waals surface area contributed by atoms with Crippen LogP contribution in [0.5, 0.6) is 0 Å². The third-order valence-electron chi connectivity index (χ3n) is 8.69. The van der Waals surface area contributed by atoms with Crippen LogP contribution in [0.1, 0.15) is 0 Å². The fraction of sp³-hybridized carbons (Fsp3) is 0. The Bertz CT molecular complexity index is 2560. The third-order valence-corrected chi connectivity index (χ3v) is 8.69. The minimum Gasteiger partial charge on any atom is -0.455 e. The Kier molecular flexibility index (Phi) is 3.23. The fourth-order valence-corrected chi connectivity index (χ4v) is 7.14. The summed E-state index contributed by atoms with van der Waals surface area (Å²) in [5.41, 5.74) is 8.06. The number of furan rings is 1. The third kappa shape index (κ3) is 2.10. The van der Waals surface area contributed by atoms with Crippen molar-refractivity contribution in [2.24, 2.45) is 0 Å². The van der Waals surface area contributed by atoms with Crippen molar-refractivity contribution in [3.8, 4) is 11.1 Å². The minimum absolute atomic E-state index is 0.932. The van der Waals surface area contributed by atoms with Crippen molar-refractivity contribution in [1.82, 2.24) is 4.40 Å². The maximum absolute atomic E-state index is 6.38. The van der Waals surface area contributed by atoms with Gasteiger partial charge in [-0.2, -0.15) is 0 Å². The number of hydrogen-bond donors (Lipinski definition) is 0. The van der Waals surface area contributed by atoms with Crippen LogP contribution in [0.15, 0.2) is 120 Å². The van der Waals surface area contributed by atoms with Crippen molar-refractivity contribution in [3.63, 3.8) is 0 Å². The summed E-state index contributed by atoms with van der Waals surface area (Å²) in [6.45, 7) is 0. The van der Waals surface area contributed by atoms with E-state index in [9.17, 15) is 0 Å². The molecule has 0 N–H and O–H groups in total. The van der Waals surface area contributed by atoms with E-state index >= 15 is 0 Å². The Balaban J connectivity index is 1.36. The molecule has 0 saturated carbocycles. The van der Waals surface area contributed by atoms with Crippen LogP contribution in [0.4, 0.5) is 0 Å². The van der Waals surface area contributed by atoms with Crippen LogP contribution in [0.25, 0.3) is 92.7 Å². The predicted octanol–water partition coefficient (Wildman–Crippen LogP) is 10.1. The molecule has 0 radical (unpaired) electrons. The van der Waals surface area contributed by atoms with Crippen LogP contribution in [0.2, 0.25) is 0 Å². The Hall–Kier alpha value is -5.08. The summed E-state index contributed by atoms with van der Waals surface area (Å²) in [5, 5.41) is 13.0. The van der Waals surface area contributed by atoms with Gasteiger partial charge < -0.3 is 8.82 Å². The molecule has 3 heterocycles. The largest absolute Gasteiger partial charge is 0.455 e. The molecule has 0 fully saturated rings. The second kappa shape index (κ2) is 6.42. The lowest BCUT2D eigenvalue weighted by Crippen LogP contribution is -1.84. The molecular weight excluding hydrogens is 462 g/mol. The molecule has 0 amide bonds. The number of nitrogens with zero attached hydrogens (tertiary/aromatic N) is 1. The van der Waals surface area contributed by atoms with Crippen LogP contribution in [-0.2, 0) is 0 Å². The van der Waals surface area contributed by atoms with Gasteiger partial charge in [0.25, 0.3) is 0 Å². The molecule has 0 aliphatic heterocycles. The second-order valence-corrected chi connectivity index (χ2v) is 10.5. The highest BCUT2D eigenvalue weighted by atomic mass is 16.3. The van der Waals surface area contributed by atoms with Gasteiger partial charge in [0.15, 0.2) is 0 Å². The van der Waals surface area contributed by atoms with Gasteiger partial charge in [0.05, 0.1) is 16.6 Å². The van der Waals surface area contributed by atoms with Crippen LogP contribution in [0, 0.1) is 0 Å². The molecule has 10 aromatic rings. The van der Waals surface area contributed by atoms with Crippen LogP contribution in [-0.4, -0.2) is 4.40 Å². The van der Waals surface area contributed by atoms with E-state index < -0.39 is 0 Å². The average molecular weight is 482 g/mol. The molecule has 38 heavy (non-hydrogen) atoms. The highest BCUT2D eigenvalue weighted by molar-refractivity contribution is 6.38. The van der Waals surface area contributed by atoms with Gasteiger partial charge in [0, 0.05) is 37.9 Å². The van der Waals surface area contributed by atoms with E-state index in [0.717, 1.165) is 27.5 Å². The Morgan fingerprint density at radius 2 is 1.16 bits per heavy atom. The average Bonchev–Trinajstić information content (AvgIpc) is 3.63. The summed E-state index contributed by atoms with van der Waals surface area (Å²) in [7, 11) is 0. The van der Waals surface area contributed by atoms with E-state index in [1.807, 2.05) is 6.07 Å². The lowest BCUT2D eigenvalue weighted by atomic mass is 9.93. The van der Waals surface area contributed by atoms with Crippen LogP contribution in [0.3, 0.4) is 0 Å². The molecule has 0 saturated heterocycles. The topological polar surface area (TPSA) is 17.6 Å². The second-order valence-electron chi connectivity index (χ2n) is 10.5. The molecule has 7 aromatic carbocycles. The van der Waals surface area contributed by atoms with E-state index in [-0.39, 0.29) is 0 Å². The van der Waals surface area contributed by atoms with Gasteiger partial charge in [-0.05, 0) is 51.4 Å². The first-order valence-corrected chi connectivity index (χ1v) is 13.1. The summed E-state index contributed by atoms with van der Waals surface area (Å²) in [6.07, 6.45) is 0. The van der Waals surface area contributed by atoms with Gasteiger partial charge in [0.1, 0.15) is 11.2 Å². The normalized spacial score (nSPS) is 12.7. The fourth-order valence-electron chi connectivity index (χ4n) is 7.14. The predicted molar refractivity (Wildman–Crippen MR) is 160 cm³/mol. The zero-order valence-electron chi connectivity index (χ0n) is 20.3.